The lowest BCUT2D eigenvalue weighted by molar-refractivity contribution is 0.606. The second-order valence-electron chi connectivity index (χ2n) is 5.94. The molecule has 0 unspecified atom stereocenters. The maximum absolute atomic E-state index is 4.54. The first-order valence-electron chi connectivity index (χ1n) is 7.57. The van der Waals surface area contributed by atoms with Gasteiger partial charge in [-0.2, -0.15) is 4.98 Å². The lowest BCUT2D eigenvalue weighted by Gasteiger charge is -2.12. The van der Waals surface area contributed by atoms with Gasteiger partial charge < -0.3 is 10.6 Å². The molecule has 4 nitrogen and oxygen atoms in total. The predicted octanol–water partition coefficient (Wildman–Crippen LogP) is 5.06. The van der Waals surface area contributed by atoms with Crippen molar-refractivity contribution in [2.24, 2.45) is 5.92 Å². The summed E-state index contributed by atoms with van der Waals surface area (Å²) in [6.07, 6.45) is 1.12. The molecule has 0 bridgehead atoms. The number of hydrogen-bond donors (Lipinski definition) is 2. The number of aromatic nitrogens is 2. The van der Waals surface area contributed by atoms with E-state index >= 15 is 0 Å². The zero-order chi connectivity index (χ0) is 16.1. The lowest BCUT2D eigenvalue weighted by Crippen LogP contribution is -2.08. The van der Waals surface area contributed by atoms with E-state index in [0.717, 1.165) is 34.6 Å². The van der Waals surface area contributed by atoms with Gasteiger partial charge in [0.05, 0.1) is 5.69 Å². The van der Waals surface area contributed by atoms with Crippen LogP contribution in [0.5, 0.6) is 0 Å². The van der Waals surface area contributed by atoms with Gasteiger partial charge in [-0.25, -0.2) is 4.98 Å². The van der Waals surface area contributed by atoms with Crippen LogP contribution in [0.4, 0.5) is 17.5 Å². The maximum atomic E-state index is 4.54. The number of halogens is 1. The summed E-state index contributed by atoms with van der Waals surface area (Å²) < 4.78 is 1.01. The van der Waals surface area contributed by atoms with E-state index < -0.39 is 0 Å². The molecule has 2 N–H and O–H groups in total. The average molecular weight is 363 g/mol. The lowest BCUT2D eigenvalue weighted by atomic mass is 10.1. The van der Waals surface area contributed by atoms with Crippen LogP contribution in [-0.2, 0) is 0 Å². The summed E-state index contributed by atoms with van der Waals surface area (Å²) in [7, 11) is 0. The highest BCUT2D eigenvalue weighted by molar-refractivity contribution is 9.10. The highest BCUT2D eigenvalue weighted by Crippen LogP contribution is 2.26. The van der Waals surface area contributed by atoms with Gasteiger partial charge in [0.1, 0.15) is 5.82 Å². The Hall–Kier alpha value is -1.62. The molecule has 1 heterocycles. The number of anilines is 3. The summed E-state index contributed by atoms with van der Waals surface area (Å²) in [6.45, 7) is 9.39. The Morgan fingerprint density at radius 3 is 2.59 bits per heavy atom. The normalized spacial score (nSPS) is 10.8. The first-order chi connectivity index (χ1) is 10.4. The van der Waals surface area contributed by atoms with E-state index in [1.54, 1.807) is 0 Å². The second kappa shape index (κ2) is 7.58. The standard InChI is InChI=1S/C17H23BrN4/c1-11(2)7-8-19-16-10-13(4)20-17(22-16)21-15-6-5-12(3)9-14(15)18/h5-6,9-11H,7-8H2,1-4H3,(H2,19,20,21,22). The van der Waals surface area contributed by atoms with E-state index in [4.69, 9.17) is 0 Å². The molecule has 0 saturated carbocycles. The van der Waals surface area contributed by atoms with E-state index in [0.29, 0.717) is 11.9 Å². The molecular formula is C17H23BrN4. The van der Waals surface area contributed by atoms with Gasteiger partial charge >= 0.3 is 0 Å². The monoisotopic (exact) mass is 362 g/mol. The van der Waals surface area contributed by atoms with Crippen LogP contribution in [0.25, 0.3) is 0 Å². The molecule has 2 aromatic rings. The molecule has 0 radical (unpaired) electrons. The van der Waals surface area contributed by atoms with Gasteiger partial charge in [0.15, 0.2) is 0 Å². The molecule has 118 valence electrons. The average Bonchev–Trinajstić information content (AvgIpc) is 2.41. The van der Waals surface area contributed by atoms with Gasteiger partial charge in [-0.1, -0.05) is 19.9 Å². The van der Waals surface area contributed by atoms with Crippen molar-refractivity contribution in [2.75, 3.05) is 17.2 Å². The highest BCUT2D eigenvalue weighted by atomic mass is 79.9. The Kier molecular flexibility index (Phi) is 5.77. The van der Waals surface area contributed by atoms with Crippen molar-refractivity contribution in [3.8, 4) is 0 Å². The molecule has 0 atom stereocenters. The fourth-order valence-corrected chi connectivity index (χ4v) is 2.64. The predicted molar refractivity (Wildman–Crippen MR) is 96.9 cm³/mol. The van der Waals surface area contributed by atoms with Crippen molar-refractivity contribution in [3.63, 3.8) is 0 Å². The largest absolute Gasteiger partial charge is 0.370 e. The Morgan fingerprint density at radius 1 is 1.14 bits per heavy atom. The Morgan fingerprint density at radius 2 is 1.91 bits per heavy atom. The molecule has 1 aromatic carbocycles. The molecule has 0 amide bonds. The smallest absolute Gasteiger partial charge is 0.229 e. The summed E-state index contributed by atoms with van der Waals surface area (Å²) in [6, 6.07) is 8.12. The summed E-state index contributed by atoms with van der Waals surface area (Å²) in [5.74, 6) is 2.15. The van der Waals surface area contributed by atoms with Crippen LogP contribution < -0.4 is 10.6 Å². The summed E-state index contributed by atoms with van der Waals surface area (Å²) >= 11 is 3.57. The molecular weight excluding hydrogens is 340 g/mol. The molecule has 5 heteroatoms. The zero-order valence-electron chi connectivity index (χ0n) is 13.6. The van der Waals surface area contributed by atoms with Crippen LogP contribution in [-0.4, -0.2) is 16.5 Å². The Labute approximate surface area is 140 Å². The molecule has 0 saturated heterocycles. The van der Waals surface area contributed by atoms with Crippen LogP contribution in [0.3, 0.4) is 0 Å². The van der Waals surface area contributed by atoms with Crippen LogP contribution in [0.2, 0.25) is 0 Å². The third-order valence-corrected chi connectivity index (χ3v) is 3.91. The van der Waals surface area contributed by atoms with E-state index in [2.05, 4.69) is 69.4 Å². The van der Waals surface area contributed by atoms with Gasteiger partial charge in [0.2, 0.25) is 5.95 Å². The molecule has 1 aromatic heterocycles. The van der Waals surface area contributed by atoms with Gasteiger partial charge in [0.25, 0.3) is 0 Å². The zero-order valence-corrected chi connectivity index (χ0v) is 15.2. The Balaban J connectivity index is 2.12. The van der Waals surface area contributed by atoms with Gasteiger partial charge in [-0.05, 0) is 59.8 Å². The van der Waals surface area contributed by atoms with Gasteiger partial charge in [0, 0.05) is 22.8 Å². The van der Waals surface area contributed by atoms with E-state index in [1.165, 1.54) is 5.56 Å². The van der Waals surface area contributed by atoms with Gasteiger partial charge in [-0.3, -0.25) is 0 Å². The minimum absolute atomic E-state index is 0.608. The van der Waals surface area contributed by atoms with E-state index in [9.17, 15) is 0 Å². The minimum Gasteiger partial charge on any atom is -0.370 e. The number of hydrogen-bond acceptors (Lipinski definition) is 4. The van der Waals surface area contributed by atoms with Crippen molar-refractivity contribution in [1.29, 1.82) is 0 Å². The molecule has 22 heavy (non-hydrogen) atoms. The number of rotatable bonds is 6. The van der Waals surface area contributed by atoms with Gasteiger partial charge in [-0.15, -0.1) is 0 Å². The fourth-order valence-electron chi connectivity index (χ4n) is 2.05. The summed E-state index contributed by atoms with van der Waals surface area (Å²) in [5.41, 5.74) is 3.11. The van der Waals surface area contributed by atoms with E-state index in [-0.39, 0.29) is 0 Å². The van der Waals surface area contributed by atoms with Crippen molar-refractivity contribution in [2.45, 2.75) is 34.1 Å². The van der Waals surface area contributed by atoms with Crippen molar-refractivity contribution in [1.82, 2.24) is 9.97 Å². The van der Waals surface area contributed by atoms with Crippen LogP contribution >= 0.6 is 15.9 Å². The molecule has 0 aliphatic carbocycles. The highest BCUT2D eigenvalue weighted by Gasteiger charge is 2.06. The number of nitrogens with one attached hydrogen (secondary N) is 2. The molecule has 0 spiro atoms. The first kappa shape index (κ1) is 16.7. The van der Waals surface area contributed by atoms with Crippen LogP contribution in [0.1, 0.15) is 31.5 Å². The summed E-state index contributed by atoms with van der Waals surface area (Å²) in [5, 5.41) is 6.63. The SMILES string of the molecule is Cc1ccc(Nc2nc(C)cc(NCCC(C)C)n2)c(Br)c1. The fraction of sp³-hybridized carbons (Fsp3) is 0.412. The quantitative estimate of drug-likeness (QED) is 0.753. The Bertz CT molecular complexity index is 641. The molecule has 0 fully saturated rings. The number of nitrogens with zero attached hydrogens (tertiary/aromatic N) is 2. The maximum Gasteiger partial charge on any atom is 0.229 e. The third kappa shape index (κ3) is 4.98. The number of aryl methyl sites for hydroxylation is 2. The van der Waals surface area contributed by atoms with Crippen LogP contribution in [0, 0.1) is 19.8 Å². The van der Waals surface area contributed by atoms with Crippen molar-refractivity contribution in [3.05, 3.63) is 40.0 Å². The van der Waals surface area contributed by atoms with Crippen LogP contribution in [0.15, 0.2) is 28.7 Å². The van der Waals surface area contributed by atoms with Crippen molar-refractivity contribution >= 4 is 33.4 Å². The second-order valence-corrected chi connectivity index (χ2v) is 6.79. The van der Waals surface area contributed by atoms with Crippen molar-refractivity contribution < 1.29 is 0 Å². The topological polar surface area (TPSA) is 49.8 Å². The minimum atomic E-state index is 0.608. The molecule has 0 aliphatic heterocycles. The molecule has 2 rings (SSSR count). The first-order valence-corrected chi connectivity index (χ1v) is 8.36. The summed E-state index contributed by atoms with van der Waals surface area (Å²) in [4.78, 5) is 8.99. The molecule has 0 aliphatic rings. The third-order valence-electron chi connectivity index (χ3n) is 3.25. The van der Waals surface area contributed by atoms with E-state index in [1.807, 2.05) is 19.1 Å². The number of benzene rings is 1.